The predicted octanol–water partition coefficient (Wildman–Crippen LogP) is 2.04. The van der Waals surface area contributed by atoms with E-state index in [2.05, 4.69) is 10.5 Å². The summed E-state index contributed by atoms with van der Waals surface area (Å²) in [5.74, 6) is 0.907. The number of hydrogen-bond donors (Lipinski definition) is 2. The van der Waals surface area contributed by atoms with Crippen molar-refractivity contribution in [1.29, 1.82) is 0 Å². The van der Waals surface area contributed by atoms with E-state index in [0.29, 0.717) is 0 Å². The molecule has 1 aliphatic carbocycles. The summed E-state index contributed by atoms with van der Waals surface area (Å²) in [5.41, 5.74) is 8.52. The molecular weight excluding hydrogens is 214 g/mol. The van der Waals surface area contributed by atoms with Crippen LogP contribution in [-0.2, 0) is 6.54 Å². The minimum Gasteiger partial charge on any atom is -0.361 e. The second kappa shape index (κ2) is 5.19. The fraction of sp³-hybridized carbons (Fsp3) is 0.769. The average molecular weight is 237 g/mol. The fourth-order valence-electron chi connectivity index (χ4n) is 2.62. The van der Waals surface area contributed by atoms with Crippen LogP contribution in [0.15, 0.2) is 4.52 Å². The Bertz CT molecular complexity index is 347. The molecule has 0 bridgehead atoms. The van der Waals surface area contributed by atoms with Crippen LogP contribution in [-0.4, -0.2) is 17.2 Å². The Labute approximate surface area is 103 Å². The van der Waals surface area contributed by atoms with Crippen molar-refractivity contribution in [2.75, 3.05) is 6.54 Å². The maximum atomic E-state index is 6.37. The molecule has 1 fully saturated rings. The third-order valence-corrected chi connectivity index (χ3v) is 3.81. The lowest BCUT2D eigenvalue weighted by atomic mass is 9.82. The summed E-state index contributed by atoms with van der Waals surface area (Å²) in [4.78, 5) is 0. The zero-order valence-corrected chi connectivity index (χ0v) is 10.9. The number of nitrogens with zero attached hydrogens (tertiary/aromatic N) is 1. The van der Waals surface area contributed by atoms with Crippen molar-refractivity contribution in [1.82, 2.24) is 10.5 Å². The van der Waals surface area contributed by atoms with Crippen molar-refractivity contribution in [3.63, 3.8) is 0 Å². The molecule has 0 radical (unpaired) electrons. The minimum atomic E-state index is -0.00275. The van der Waals surface area contributed by atoms with Gasteiger partial charge in [0.25, 0.3) is 0 Å². The van der Waals surface area contributed by atoms with Crippen LogP contribution in [0.5, 0.6) is 0 Å². The van der Waals surface area contributed by atoms with Gasteiger partial charge in [-0.15, -0.1) is 0 Å². The number of aryl methyl sites for hydroxylation is 2. The number of rotatable bonds is 4. The van der Waals surface area contributed by atoms with Crippen LogP contribution in [0.25, 0.3) is 0 Å². The molecular formula is C13H23N3O. The van der Waals surface area contributed by atoms with E-state index < -0.39 is 0 Å². The van der Waals surface area contributed by atoms with Crippen LogP contribution < -0.4 is 11.1 Å². The first-order valence-corrected chi connectivity index (χ1v) is 6.52. The highest BCUT2D eigenvalue weighted by Crippen LogP contribution is 2.25. The summed E-state index contributed by atoms with van der Waals surface area (Å²) < 4.78 is 5.14. The molecule has 17 heavy (non-hydrogen) atoms. The number of hydrogen-bond acceptors (Lipinski definition) is 4. The Kier molecular flexibility index (Phi) is 3.84. The summed E-state index contributed by atoms with van der Waals surface area (Å²) in [7, 11) is 0. The molecule has 0 atom stereocenters. The molecule has 0 aliphatic heterocycles. The van der Waals surface area contributed by atoms with Crippen LogP contribution in [0.3, 0.4) is 0 Å². The molecule has 1 aromatic heterocycles. The molecule has 1 heterocycles. The van der Waals surface area contributed by atoms with Crippen LogP contribution >= 0.6 is 0 Å². The van der Waals surface area contributed by atoms with Crippen molar-refractivity contribution in [3.05, 3.63) is 17.0 Å². The quantitative estimate of drug-likeness (QED) is 0.841. The van der Waals surface area contributed by atoms with Gasteiger partial charge in [-0.05, 0) is 26.7 Å². The average Bonchev–Trinajstić information content (AvgIpc) is 2.61. The maximum Gasteiger partial charge on any atom is 0.138 e. The molecule has 3 N–H and O–H groups in total. The smallest absolute Gasteiger partial charge is 0.138 e. The van der Waals surface area contributed by atoms with Crippen molar-refractivity contribution in [2.24, 2.45) is 5.73 Å². The van der Waals surface area contributed by atoms with Gasteiger partial charge in [0, 0.05) is 24.2 Å². The summed E-state index contributed by atoms with van der Waals surface area (Å²) >= 11 is 0. The van der Waals surface area contributed by atoms with Gasteiger partial charge in [0.15, 0.2) is 0 Å². The third kappa shape index (κ3) is 3.07. The van der Waals surface area contributed by atoms with E-state index >= 15 is 0 Å². The number of aromatic nitrogens is 1. The maximum absolute atomic E-state index is 6.37. The van der Waals surface area contributed by atoms with Gasteiger partial charge in [0.05, 0.1) is 5.69 Å². The van der Waals surface area contributed by atoms with E-state index in [1.807, 2.05) is 13.8 Å². The van der Waals surface area contributed by atoms with E-state index in [9.17, 15) is 0 Å². The standard InChI is InChI=1S/C13H23N3O/c1-10-12(11(2)17-16-10)8-15-9-13(14)6-4-3-5-7-13/h15H,3-9,14H2,1-2H3. The normalized spacial score (nSPS) is 19.5. The Hall–Kier alpha value is -0.870. The van der Waals surface area contributed by atoms with Crippen LogP contribution in [0.4, 0.5) is 0 Å². The van der Waals surface area contributed by atoms with E-state index in [1.54, 1.807) is 0 Å². The molecule has 1 saturated carbocycles. The predicted molar refractivity (Wildman–Crippen MR) is 67.7 cm³/mol. The first kappa shape index (κ1) is 12.6. The molecule has 1 aliphatic rings. The Morgan fingerprint density at radius 1 is 1.29 bits per heavy atom. The van der Waals surface area contributed by atoms with Gasteiger partial charge in [0.2, 0.25) is 0 Å². The molecule has 96 valence electrons. The molecule has 4 nitrogen and oxygen atoms in total. The second-order valence-corrected chi connectivity index (χ2v) is 5.33. The largest absolute Gasteiger partial charge is 0.361 e. The van der Waals surface area contributed by atoms with Gasteiger partial charge in [-0.25, -0.2) is 0 Å². The van der Waals surface area contributed by atoms with Gasteiger partial charge in [0.1, 0.15) is 5.76 Å². The zero-order valence-electron chi connectivity index (χ0n) is 10.9. The first-order chi connectivity index (χ1) is 8.11. The SMILES string of the molecule is Cc1noc(C)c1CNCC1(N)CCCCC1. The fourth-order valence-corrected chi connectivity index (χ4v) is 2.62. The van der Waals surface area contributed by atoms with E-state index in [0.717, 1.165) is 37.4 Å². The summed E-state index contributed by atoms with van der Waals surface area (Å²) in [6, 6.07) is 0. The molecule has 0 amide bonds. The lowest BCUT2D eigenvalue weighted by molar-refractivity contribution is 0.283. The Morgan fingerprint density at radius 3 is 2.59 bits per heavy atom. The highest BCUT2D eigenvalue weighted by atomic mass is 16.5. The lowest BCUT2D eigenvalue weighted by Crippen LogP contribution is -2.49. The molecule has 4 heteroatoms. The van der Waals surface area contributed by atoms with Crippen molar-refractivity contribution >= 4 is 0 Å². The summed E-state index contributed by atoms with van der Waals surface area (Å²) in [6.07, 6.45) is 6.15. The molecule has 0 spiro atoms. The molecule has 0 unspecified atom stereocenters. The van der Waals surface area contributed by atoms with E-state index in [-0.39, 0.29) is 5.54 Å². The second-order valence-electron chi connectivity index (χ2n) is 5.33. The third-order valence-electron chi connectivity index (χ3n) is 3.81. The van der Waals surface area contributed by atoms with Crippen molar-refractivity contribution in [3.8, 4) is 0 Å². The first-order valence-electron chi connectivity index (χ1n) is 6.52. The summed E-state index contributed by atoms with van der Waals surface area (Å²) in [6.45, 7) is 5.62. The van der Waals surface area contributed by atoms with Gasteiger partial charge >= 0.3 is 0 Å². The van der Waals surface area contributed by atoms with Crippen LogP contribution in [0.1, 0.15) is 49.1 Å². The van der Waals surface area contributed by atoms with Crippen molar-refractivity contribution < 1.29 is 4.52 Å². The van der Waals surface area contributed by atoms with Gasteiger partial charge in [-0.1, -0.05) is 24.4 Å². The number of nitrogens with two attached hydrogens (primary N) is 1. The topological polar surface area (TPSA) is 64.1 Å². The Morgan fingerprint density at radius 2 is 2.00 bits per heavy atom. The lowest BCUT2D eigenvalue weighted by Gasteiger charge is -2.33. The summed E-state index contributed by atoms with van der Waals surface area (Å²) in [5, 5.41) is 7.41. The highest BCUT2D eigenvalue weighted by Gasteiger charge is 2.26. The highest BCUT2D eigenvalue weighted by molar-refractivity contribution is 5.20. The number of nitrogens with one attached hydrogen (secondary N) is 1. The van der Waals surface area contributed by atoms with Gasteiger partial charge in [-0.3, -0.25) is 0 Å². The Balaban J connectivity index is 1.83. The monoisotopic (exact) mass is 237 g/mol. The van der Waals surface area contributed by atoms with E-state index in [1.165, 1.54) is 24.8 Å². The van der Waals surface area contributed by atoms with Gasteiger partial charge < -0.3 is 15.6 Å². The van der Waals surface area contributed by atoms with Crippen LogP contribution in [0.2, 0.25) is 0 Å². The molecule has 0 saturated heterocycles. The minimum absolute atomic E-state index is 0.00275. The van der Waals surface area contributed by atoms with Crippen molar-refractivity contribution in [2.45, 2.75) is 58.0 Å². The zero-order chi connectivity index (χ0) is 12.3. The van der Waals surface area contributed by atoms with Crippen LogP contribution in [0, 0.1) is 13.8 Å². The molecule has 1 aromatic rings. The van der Waals surface area contributed by atoms with E-state index in [4.69, 9.17) is 10.3 Å². The molecule has 2 rings (SSSR count). The molecule has 0 aromatic carbocycles. The van der Waals surface area contributed by atoms with Gasteiger partial charge in [-0.2, -0.15) is 0 Å².